The van der Waals surface area contributed by atoms with Crippen LogP contribution in [0.4, 0.5) is 8.78 Å². The number of aliphatic hydroxyl groups is 1. The van der Waals surface area contributed by atoms with Crippen molar-refractivity contribution in [2.75, 3.05) is 5.88 Å². The molecule has 0 fully saturated rings. The highest BCUT2D eigenvalue weighted by molar-refractivity contribution is 9.10. The summed E-state index contributed by atoms with van der Waals surface area (Å²) in [5.74, 6) is -1.65. The lowest BCUT2D eigenvalue weighted by molar-refractivity contribution is 0.197. The molecule has 72 valence electrons. The molecular formula is C8H6BrClF2O. The highest BCUT2D eigenvalue weighted by Crippen LogP contribution is 2.26. The molecule has 1 nitrogen and oxygen atoms in total. The van der Waals surface area contributed by atoms with Crippen LogP contribution in [0, 0.1) is 11.6 Å². The van der Waals surface area contributed by atoms with Crippen molar-refractivity contribution in [3.63, 3.8) is 0 Å². The van der Waals surface area contributed by atoms with E-state index in [-0.39, 0.29) is 15.9 Å². The number of rotatable bonds is 2. The summed E-state index contributed by atoms with van der Waals surface area (Å²) in [6.45, 7) is 0. The van der Waals surface area contributed by atoms with Crippen LogP contribution in [-0.4, -0.2) is 11.0 Å². The summed E-state index contributed by atoms with van der Waals surface area (Å²) >= 11 is 8.05. The molecule has 1 N–H and O–H groups in total. The molecule has 0 aliphatic carbocycles. The van der Waals surface area contributed by atoms with Crippen LogP contribution in [0.5, 0.6) is 0 Å². The van der Waals surface area contributed by atoms with Gasteiger partial charge in [-0.3, -0.25) is 0 Å². The molecule has 1 rings (SSSR count). The minimum absolute atomic E-state index is 0.0109. The molecule has 0 radical (unpaired) electrons. The maximum atomic E-state index is 13.2. The van der Waals surface area contributed by atoms with Gasteiger partial charge in [-0.25, -0.2) is 8.78 Å². The van der Waals surface area contributed by atoms with Gasteiger partial charge in [0, 0.05) is 5.56 Å². The van der Waals surface area contributed by atoms with Crippen molar-refractivity contribution in [3.8, 4) is 0 Å². The summed E-state index contributed by atoms with van der Waals surface area (Å²) in [6.07, 6.45) is -1.11. The number of alkyl halides is 1. The molecule has 1 unspecified atom stereocenters. The quantitative estimate of drug-likeness (QED) is 0.647. The molecule has 0 bridgehead atoms. The molecular weight excluding hydrogens is 265 g/mol. The Morgan fingerprint density at radius 2 is 2.08 bits per heavy atom. The number of hydrogen-bond donors (Lipinski definition) is 1. The van der Waals surface area contributed by atoms with Crippen molar-refractivity contribution >= 4 is 27.5 Å². The number of aliphatic hydroxyl groups excluding tert-OH is 1. The predicted molar refractivity (Wildman–Crippen MR) is 49.7 cm³/mol. The Hall–Kier alpha value is -0.190. The Labute approximate surface area is 87.5 Å². The van der Waals surface area contributed by atoms with Gasteiger partial charge in [0.05, 0.1) is 16.5 Å². The van der Waals surface area contributed by atoms with Gasteiger partial charge in [0.25, 0.3) is 0 Å². The molecule has 13 heavy (non-hydrogen) atoms. The second-order valence-electron chi connectivity index (χ2n) is 2.43. The average Bonchev–Trinajstić information content (AvgIpc) is 2.13. The van der Waals surface area contributed by atoms with Gasteiger partial charge in [0.2, 0.25) is 0 Å². The van der Waals surface area contributed by atoms with Crippen molar-refractivity contribution in [2.24, 2.45) is 0 Å². The Morgan fingerprint density at radius 3 is 2.62 bits per heavy atom. The van der Waals surface area contributed by atoms with Gasteiger partial charge >= 0.3 is 0 Å². The van der Waals surface area contributed by atoms with Crippen molar-refractivity contribution < 1.29 is 13.9 Å². The van der Waals surface area contributed by atoms with E-state index in [1.54, 1.807) is 0 Å². The summed E-state index contributed by atoms with van der Waals surface area (Å²) < 4.78 is 25.6. The summed E-state index contributed by atoms with van der Waals surface area (Å²) in [7, 11) is 0. The van der Waals surface area contributed by atoms with Crippen LogP contribution in [-0.2, 0) is 0 Å². The topological polar surface area (TPSA) is 20.2 Å². The molecule has 0 amide bonds. The summed E-state index contributed by atoms with van der Waals surface area (Å²) in [6, 6.07) is 2.24. The molecule has 0 saturated carbocycles. The van der Waals surface area contributed by atoms with E-state index in [9.17, 15) is 13.9 Å². The first kappa shape index (κ1) is 10.9. The average molecular weight is 271 g/mol. The van der Waals surface area contributed by atoms with E-state index in [0.717, 1.165) is 6.07 Å². The Kier molecular flexibility index (Phi) is 3.64. The second kappa shape index (κ2) is 4.35. The van der Waals surface area contributed by atoms with Crippen LogP contribution in [0.25, 0.3) is 0 Å². The normalized spacial score (nSPS) is 13.0. The van der Waals surface area contributed by atoms with E-state index in [1.807, 2.05) is 0 Å². The first-order chi connectivity index (χ1) is 6.07. The predicted octanol–water partition coefficient (Wildman–Crippen LogP) is 3.00. The van der Waals surface area contributed by atoms with Gasteiger partial charge in [-0.05, 0) is 22.0 Å². The Morgan fingerprint density at radius 1 is 1.46 bits per heavy atom. The van der Waals surface area contributed by atoms with E-state index in [4.69, 9.17) is 11.6 Å². The first-order valence-electron chi connectivity index (χ1n) is 3.45. The fraction of sp³-hybridized carbons (Fsp3) is 0.250. The van der Waals surface area contributed by atoms with E-state index in [0.29, 0.717) is 0 Å². The third kappa shape index (κ3) is 2.18. The molecule has 1 aromatic rings. The maximum absolute atomic E-state index is 13.2. The van der Waals surface area contributed by atoms with Crippen LogP contribution in [0.2, 0.25) is 0 Å². The number of hydrogen-bond acceptors (Lipinski definition) is 1. The standard InChI is InChI=1S/C8H6BrClF2O/c9-7-5(11)2-1-4(8(7)12)6(13)3-10/h1-2,6,13H,3H2. The third-order valence-corrected chi connectivity index (χ3v) is 2.59. The Bertz CT molecular complexity index is 319. The lowest BCUT2D eigenvalue weighted by Gasteiger charge is -2.09. The van der Waals surface area contributed by atoms with Crippen LogP contribution >= 0.6 is 27.5 Å². The van der Waals surface area contributed by atoms with Gasteiger partial charge in [-0.15, -0.1) is 11.6 Å². The first-order valence-corrected chi connectivity index (χ1v) is 4.78. The van der Waals surface area contributed by atoms with Crippen LogP contribution in [0.1, 0.15) is 11.7 Å². The van der Waals surface area contributed by atoms with Gasteiger partial charge in [0.1, 0.15) is 11.6 Å². The lowest BCUT2D eigenvalue weighted by Crippen LogP contribution is -2.03. The molecule has 0 aliphatic rings. The van der Waals surface area contributed by atoms with Crippen LogP contribution in [0.3, 0.4) is 0 Å². The largest absolute Gasteiger partial charge is 0.387 e. The molecule has 1 aromatic carbocycles. The van der Waals surface area contributed by atoms with E-state index in [1.165, 1.54) is 6.07 Å². The van der Waals surface area contributed by atoms with E-state index >= 15 is 0 Å². The summed E-state index contributed by atoms with van der Waals surface area (Å²) in [4.78, 5) is 0. The summed E-state index contributed by atoms with van der Waals surface area (Å²) in [5, 5.41) is 9.21. The fourth-order valence-electron chi connectivity index (χ4n) is 0.881. The van der Waals surface area contributed by atoms with Crippen LogP contribution in [0.15, 0.2) is 16.6 Å². The van der Waals surface area contributed by atoms with Crippen molar-refractivity contribution in [3.05, 3.63) is 33.8 Å². The smallest absolute Gasteiger partial charge is 0.146 e. The van der Waals surface area contributed by atoms with Gasteiger partial charge in [-0.1, -0.05) is 6.07 Å². The van der Waals surface area contributed by atoms with E-state index in [2.05, 4.69) is 15.9 Å². The third-order valence-electron chi connectivity index (χ3n) is 1.57. The molecule has 0 spiro atoms. The zero-order valence-electron chi connectivity index (χ0n) is 6.40. The minimum Gasteiger partial charge on any atom is -0.387 e. The molecule has 0 aromatic heterocycles. The number of halogens is 4. The van der Waals surface area contributed by atoms with Gasteiger partial charge in [-0.2, -0.15) is 0 Å². The van der Waals surface area contributed by atoms with E-state index < -0.39 is 17.7 Å². The molecule has 0 aliphatic heterocycles. The van der Waals surface area contributed by atoms with Crippen molar-refractivity contribution in [1.82, 2.24) is 0 Å². The molecule has 0 saturated heterocycles. The van der Waals surface area contributed by atoms with Crippen molar-refractivity contribution in [2.45, 2.75) is 6.10 Å². The summed E-state index contributed by atoms with van der Waals surface area (Å²) in [5.41, 5.74) is -0.0109. The fourth-order valence-corrected chi connectivity index (χ4v) is 1.41. The number of benzene rings is 1. The molecule has 5 heteroatoms. The van der Waals surface area contributed by atoms with Gasteiger partial charge in [0.15, 0.2) is 0 Å². The molecule has 0 heterocycles. The maximum Gasteiger partial charge on any atom is 0.146 e. The zero-order valence-corrected chi connectivity index (χ0v) is 8.74. The highest BCUT2D eigenvalue weighted by atomic mass is 79.9. The van der Waals surface area contributed by atoms with Crippen molar-refractivity contribution in [1.29, 1.82) is 0 Å². The monoisotopic (exact) mass is 270 g/mol. The van der Waals surface area contributed by atoms with Crippen LogP contribution < -0.4 is 0 Å². The highest BCUT2D eigenvalue weighted by Gasteiger charge is 2.16. The minimum atomic E-state index is -1.11. The lowest BCUT2D eigenvalue weighted by atomic mass is 10.1. The SMILES string of the molecule is OC(CCl)c1ccc(F)c(Br)c1F. The molecule has 1 atom stereocenters. The zero-order chi connectivity index (χ0) is 10.0. The van der Waals surface area contributed by atoms with Gasteiger partial charge < -0.3 is 5.11 Å². The Balaban J connectivity index is 3.18. The second-order valence-corrected chi connectivity index (χ2v) is 3.54.